The quantitative estimate of drug-likeness (QED) is 0.444. The van der Waals surface area contributed by atoms with Gasteiger partial charge in [-0.2, -0.15) is 0 Å². The van der Waals surface area contributed by atoms with Crippen LogP contribution < -0.4 is 15.8 Å². The van der Waals surface area contributed by atoms with E-state index in [1.165, 1.54) is 6.33 Å². The lowest BCUT2D eigenvalue weighted by molar-refractivity contribution is 0.300. The highest BCUT2D eigenvalue weighted by Crippen LogP contribution is 2.32. The molecule has 4 aromatic rings. The Labute approximate surface area is 173 Å². The highest BCUT2D eigenvalue weighted by molar-refractivity contribution is 6.33. The summed E-state index contributed by atoms with van der Waals surface area (Å²) in [5.74, 6) is 1.30. The molecule has 146 valence electrons. The molecule has 2 heterocycles. The van der Waals surface area contributed by atoms with Gasteiger partial charge in [0.15, 0.2) is 0 Å². The minimum atomic E-state index is 0.380. The molecule has 4 rings (SSSR count). The van der Waals surface area contributed by atoms with Crippen molar-refractivity contribution in [1.82, 2.24) is 15.0 Å². The van der Waals surface area contributed by atoms with Crippen molar-refractivity contribution in [2.24, 2.45) is 0 Å². The molecule has 29 heavy (non-hydrogen) atoms. The van der Waals surface area contributed by atoms with Crippen molar-refractivity contribution in [3.63, 3.8) is 0 Å². The zero-order valence-electron chi connectivity index (χ0n) is 16.1. The number of nitrogens with two attached hydrogens (primary N) is 1. The van der Waals surface area contributed by atoms with E-state index >= 15 is 0 Å². The molecule has 0 saturated heterocycles. The summed E-state index contributed by atoms with van der Waals surface area (Å²) in [5.41, 5.74) is 11.2. The van der Waals surface area contributed by atoms with Crippen molar-refractivity contribution < 1.29 is 4.74 Å². The zero-order chi connectivity index (χ0) is 20.4. The van der Waals surface area contributed by atoms with Gasteiger partial charge in [-0.05, 0) is 55.3 Å². The fourth-order valence-corrected chi connectivity index (χ4v) is 3.18. The van der Waals surface area contributed by atoms with Gasteiger partial charge in [-0.3, -0.25) is 4.98 Å². The number of benzene rings is 2. The van der Waals surface area contributed by atoms with Gasteiger partial charge in [0.1, 0.15) is 24.5 Å². The highest BCUT2D eigenvalue weighted by Gasteiger charge is 2.10. The summed E-state index contributed by atoms with van der Waals surface area (Å²) in [5, 5.41) is 4.62. The van der Waals surface area contributed by atoms with Crippen LogP contribution in [0.1, 0.15) is 16.8 Å². The molecule has 0 amide bonds. The standard InChI is InChI=1S/C22H20ClN5O/c1-13-4-3-7-25-21(13)11-29-15-5-6-19(17(23)9-15)28-22-16-10-18(24)14(2)8-20(16)26-12-27-22/h3-10,12H,11,24H2,1-2H3,(H,26,27,28). The molecular formula is C22H20ClN5O. The first kappa shape index (κ1) is 19.0. The smallest absolute Gasteiger partial charge is 0.141 e. The average Bonchev–Trinajstić information content (AvgIpc) is 2.70. The van der Waals surface area contributed by atoms with E-state index in [9.17, 15) is 0 Å². The SMILES string of the molecule is Cc1cc2ncnc(Nc3ccc(OCc4ncccc4C)cc3Cl)c2cc1N. The van der Waals surface area contributed by atoms with Crippen molar-refractivity contribution >= 4 is 39.7 Å². The Morgan fingerprint density at radius 1 is 1.03 bits per heavy atom. The van der Waals surface area contributed by atoms with E-state index in [0.717, 1.165) is 27.7 Å². The number of ether oxygens (including phenoxy) is 1. The van der Waals surface area contributed by atoms with Gasteiger partial charge < -0.3 is 15.8 Å². The van der Waals surface area contributed by atoms with Gasteiger partial charge in [0, 0.05) is 23.3 Å². The normalized spacial score (nSPS) is 10.9. The Kier molecular flexibility index (Phi) is 5.18. The largest absolute Gasteiger partial charge is 0.487 e. The second-order valence-electron chi connectivity index (χ2n) is 6.77. The van der Waals surface area contributed by atoms with E-state index in [1.54, 1.807) is 12.3 Å². The molecule has 2 aromatic heterocycles. The molecule has 7 heteroatoms. The number of aryl methyl sites for hydroxylation is 2. The van der Waals surface area contributed by atoms with Crippen molar-refractivity contribution in [3.05, 3.63) is 76.8 Å². The molecule has 3 N–H and O–H groups in total. The Morgan fingerprint density at radius 3 is 2.69 bits per heavy atom. The molecule has 0 fully saturated rings. The van der Waals surface area contributed by atoms with Gasteiger partial charge in [-0.15, -0.1) is 0 Å². The Bertz CT molecular complexity index is 1200. The molecule has 0 atom stereocenters. The molecule has 2 aromatic carbocycles. The van der Waals surface area contributed by atoms with E-state index in [4.69, 9.17) is 22.1 Å². The lowest BCUT2D eigenvalue weighted by atomic mass is 10.1. The summed E-state index contributed by atoms with van der Waals surface area (Å²) in [7, 11) is 0. The summed E-state index contributed by atoms with van der Waals surface area (Å²) in [6.45, 7) is 4.34. The number of nitrogens with zero attached hydrogens (tertiary/aromatic N) is 3. The molecule has 0 bridgehead atoms. The van der Waals surface area contributed by atoms with Gasteiger partial charge in [-0.25, -0.2) is 9.97 Å². The van der Waals surface area contributed by atoms with Crippen LogP contribution >= 0.6 is 11.6 Å². The summed E-state index contributed by atoms with van der Waals surface area (Å²) >= 11 is 6.47. The first-order chi connectivity index (χ1) is 14.0. The van der Waals surface area contributed by atoms with Gasteiger partial charge in [0.25, 0.3) is 0 Å². The molecule has 0 aliphatic rings. The molecule has 0 aliphatic carbocycles. The summed E-state index contributed by atoms with van der Waals surface area (Å²) in [6, 6.07) is 13.2. The molecular weight excluding hydrogens is 386 g/mol. The third-order valence-corrected chi connectivity index (χ3v) is 5.02. The van der Waals surface area contributed by atoms with E-state index in [-0.39, 0.29) is 0 Å². The van der Waals surface area contributed by atoms with Crippen LogP contribution in [0.15, 0.2) is 55.0 Å². The Hall–Kier alpha value is -3.38. The van der Waals surface area contributed by atoms with Crippen LogP contribution in [0.5, 0.6) is 5.75 Å². The fraction of sp³-hybridized carbons (Fsp3) is 0.136. The number of fused-ring (bicyclic) bond motifs is 1. The molecule has 0 aliphatic heterocycles. The Morgan fingerprint density at radius 2 is 1.90 bits per heavy atom. The maximum atomic E-state index is 6.47. The number of nitrogen functional groups attached to an aromatic ring is 1. The topological polar surface area (TPSA) is 86.0 Å². The minimum absolute atomic E-state index is 0.380. The van der Waals surface area contributed by atoms with Crippen LogP contribution in [0.3, 0.4) is 0 Å². The monoisotopic (exact) mass is 405 g/mol. The fourth-order valence-electron chi connectivity index (χ4n) is 2.96. The Balaban J connectivity index is 1.55. The molecule has 0 saturated carbocycles. The number of anilines is 3. The number of aromatic nitrogens is 3. The second-order valence-corrected chi connectivity index (χ2v) is 7.18. The number of hydrogen-bond acceptors (Lipinski definition) is 6. The predicted molar refractivity (Wildman–Crippen MR) is 117 cm³/mol. The third kappa shape index (κ3) is 4.07. The van der Waals surface area contributed by atoms with Crippen molar-refractivity contribution in [1.29, 1.82) is 0 Å². The lowest BCUT2D eigenvalue weighted by Crippen LogP contribution is -2.01. The second kappa shape index (κ2) is 7.93. The van der Waals surface area contributed by atoms with E-state index in [1.807, 2.05) is 50.2 Å². The predicted octanol–water partition coefficient (Wildman–Crippen LogP) is 5.20. The first-order valence-corrected chi connectivity index (χ1v) is 9.50. The van der Waals surface area contributed by atoms with Crippen molar-refractivity contribution in [2.75, 3.05) is 11.1 Å². The van der Waals surface area contributed by atoms with E-state index in [0.29, 0.717) is 34.6 Å². The number of nitrogens with one attached hydrogen (secondary N) is 1. The molecule has 6 nitrogen and oxygen atoms in total. The number of pyridine rings is 1. The van der Waals surface area contributed by atoms with E-state index < -0.39 is 0 Å². The maximum Gasteiger partial charge on any atom is 0.141 e. The van der Waals surface area contributed by atoms with Crippen LogP contribution in [-0.2, 0) is 6.61 Å². The van der Waals surface area contributed by atoms with Gasteiger partial charge >= 0.3 is 0 Å². The van der Waals surface area contributed by atoms with Crippen LogP contribution in [0.4, 0.5) is 17.2 Å². The summed E-state index contributed by atoms with van der Waals surface area (Å²) in [6.07, 6.45) is 3.27. The lowest BCUT2D eigenvalue weighted by Gasteiger charge is -2.13. The van der Waals surface area contributed by atoms with E-state index in [2.05, 4.69) is 20.3 Å². The van der Waals surface area contributed by atoms with Crippen LogP contribution in [0, 0.1) is 13.8 Å². The molecule has 0 radical (unpaired) electrons. The van der Waals surface area contributed by atoms with Crippen LogP contribution in [-0.4, -0.2) is 15.0 Å². The molecule has 0 unspecified atom stereocenters. The van der Waals surface area contributed by atoms with Gasteiger partial charge in [0.2, 0.25) is 0 Å². The number of hydrogen-bond donors (Lipinski definition) is 2. The number of halogens is 1. The zero-order valence-corrected chi connectivity index (χ0v) is 16.9. The highest BCUT2D eigenvalue weighted by atomic mass is 35.5. The summed E-state index contributed by atoms with van der Waals surface area (Å²) in [4.78, 5) is 13.0. The minimum Gasteiger partial charge on any atom is -0.487 e. The van der Waals surface area contributed by atoms with Crippen LogP contribution in [0.25, 0.3) is 10.9 Å². The first-order valence-electron chi connectivity index (χ1n) is 9.12. The summed E-state index contributed by atoms with van der Waals surface area (Å²) < 4.78 is 5.84. The van der Waals surface area contributed by atoms with Gasteiger partial charge in [-0.1, -0.05) is 17.7 Å². The van der Waals surface area contributed by atoms with Gasteiger partial charge in [0.05, 0.1) is 21.9 Å². The maximum absolute atomic E-state index is 6.47. The number of rotatable bonds is 5. The van der Waals surface area contributed by atoms with Crippen molar-refractivity contribution in [3.8, 4) is 5.75 Å². The molecule has 0 spiro atoms. The third-order valence-electron chi connectivity index (χ3n) is 4.71. The van der Waals surface area contributed by atoms with Crippen molar-refractivity contribution in [2.45, 2.75) is 20.5 Å². The average molecular weight is 406 g/mol. The van der Waals surface area contributed by atoms with Crippen LogP contribution in [0.2, 0.25) is 5.02 Å².